The Morgan fingerprint density at radius 1 is 1.41 bits per heavy atom. The molecule has 0 saturated heterocycles. The standard InChI is InChI=1S/C12H25N3O2/c1-15(9-12(16)14-7-8-17-2)11-5-3-10(13)4-6-11/h10-11H,3-9,13H2,1-2H3,(H,14,16). The maximum Gasteiger partial charge on any atom is 0.234 e. The topological polar surface area (TPSA) is 67.6 Å². The smallest absolute Gasteiger partial charge is 0.234 e. The van der Waals surface area contributed by atoms with Crippen molar-refractivity contribution >= 4 is 5.91 Å². The molecule has 0 atom stereocenters. The van der Waals surface area contributed by atoms with Gasteiger partial charge in [-0.25, -0.2) is 0 Å². The zero-order chi connectivity index (χ0) is 12.7. The van der Waals surface area contributed by atoms with Gasteiger partial charge in [0.25, 0.3) is 0 Å². The maximum absolute atomic E-state index is 11.6. The molecule has 0 unspecified atom stereocenters. The summed E-state index contributed by atoms with van der Waals surface area (Å²) in [6, 6.07) is 0.859. The number of nitrogens with zero attached hydrogens (tertiary/aromatic N) is 1. The Balaban J connectivity index is 2.19. The molecule has 1 aliphatic rings. The number of methoxy groups -OCH3 is 1. The lowest BCUT2D eigenvalue weighted by atomic mass is 9.91. The molecule has 1 fully saturated rings. The number of likely N-dealkylation sites (N-methyl/N-ethyl adjacent to an activating group) is 1. The summed E-state index contributed by atoms with van der Waals surface area (Å²) in [5.74, 6) is 0.0689. The zero-order valence-electron chi connectivity index (χ0n) is 10.9. The first-order valence-electron chi connectivity index (χ1n) is 6.35. The van der Waals surface area contributed by atoms with Crippen molar-refractivity contribution in [3.05, 3.63) is 0 Å². The van der Waals surface area contributed by atoms with Gasteiger partial charge in [0.1, 0.15) is 0 Å². The average molecular weight is 243 g/mol. The highest BCUT2D eigenvalue weighted by Crippen LogP contribution is 2.20. The molecule has 1 saturated carbocycles. The fourth-order valence-electron chi connectivity index (χ4n) is 2.25. The summed E-state index contributed by atoms with van der Waals surface area (Å²) < 4.78 is 4.88. The van der Waals surface area contributed by atoms with E-state index in [0.29, 0.717) is 31.8 Å². The second-order valence-electron chi connectivity index (χ2n) is 4.83. The Labute approximate surface area is 104 Å². The highest BCUT2D eigenvalue weighted by Gasteiger charge is 2.22. The second-order valence-corrected chi connectivity index (χ2v) is 4.83. The van der Waals surface area contributed by atoms with E-state index < -0.39 is 0 Å². The summed E-state index contributed by atoms with van der Waals surface area (Å²) in [7, 11) is 3.64. The van der Waals surface area contributed by atoms with E-state index in [0.717, 1.165) is 25.7 Å². The minimum absolute atomic E-state index is 0.0689. The Morgan fingerprint density at radius 3 is 2.65 bits per heavy atom. The van der Waals surface area contributed by atoms with Crippen molar-refractivity contribution in [3.63, 3.8) is 0 Å². The van der Waals surface area contributed by atoms with Gasteiger partial charge >= 0.3 is 0 Å². The lowest BCUT2D eigenvalue weighted by Gasteiger charge is -2.33. The van der Waals surface area contributed by atoms with Gasteiger partial charge in [-0.1, -0.05) is 0 Å². The fraction of sp³-hybridized carbons (Fsp3) is 0.917. The first kappa shape index (κ1) is 14.4. The zero-order valence-corrected chi connectivity index (χ0v) is 10.9. The van der Waals surface area contributed by atoms with Crippen molar-refractivity contribution in [3.8, 4) is 0 Å². The molecule has 0 aromatic carbocycles. The van der Waals surface area contributed by atoms with Crippen molar-refractivity contribution in [2.24, 2.45) is 5.73 Å². The van der Waals surface area contributed by atoms with Gasteiger partial charge in [-0.3, -0.25) is 9.69 Å². The van der Waals surface area contributed by atoms with Crippen LogP contribution < -0.4 is 11.1 Å². The van der Waals surface area contributed by atoms with Gasteiger partial charge in [-0.15, -0.1) is 0 Å². The van der Waals surface area contributed by atoms with Gasteiger partial charge in [0.15, 0.2) is 0 Å². The number of carbonyl (C=O) groups is 1. The predicted octanol–water partition coefficient (Wildman–Crippen LogP) is -0.0493. The van der Waals surface area contributed by atoms with Crippen LogP contribution >= 0.6 is 0 Å². The molecule has 5 nitrogen and oxygen atoms in total. The van der Waals surface area contributed by atoms with Gasteiger partial charge in [-0.05, 0) is 32.7 Å². The highest BCUT2D eigenvalue weighted by atomic mass is 16.5. The molecule has 0 aromatic heterocycles. The molecule has 3 N–H and O–H groups in total. The maximum atomic E-state index is 11.6. The van der Waals surface area contributed by atoms with Crippen molar-refractivity contribution in [1.29, 1.82) is 0 Å². The molecular formula is C12H25N3O2. The first-order valence-corrected chi connectivity index (χ1v) is 6.35. The minimum Gasteiger partial charge on any atom is -0.383 e. The number of amides is 1. The van der Waals surface area contributed by atoms with Gasteiger partial charge in [0.05, 0.1) is 13.2 Å². The van der Waals surface area contributed by atoms with Gasteiger partial charge in [0, 0.05) is 25.7 Å². The third-order valence-corrected chi connectivity index (χ3v) is 3.39. The molecule has 1 rings (SSSR count). The molecule has 0 spiro atoms. The van der Waals surface area contributed by atoms with Crippen LogP contribution in [0.25, 0.3) is 0 Å². The fourth-order valence-corrected chi connectivity index (χ4v) is 2.25. The second kappa shape index (κ2) is 7.63. The van der Waals surface area contributed by atoms with Crippen LogP contribution in [0, 0.1) is 0 Å². The Hall–Kier alpha value is -0.650. The number of nitrogens with two attached hydrogens (primary N) is 1. The van der Waals surface area contributed by atoms with E-state index >= 15 is 0 Å². The summed E-state index contributed by atoms with van der Waals surface area (Å²) in [6.45, 7) is 1.61. The summed E-state index contributed by atoms with van der Waals surface area (Å²) in [5.41, 5.74) is 5.87. The number of hydrogen-bond acceptors (Lipinski definition) is 4. The van der Waals surface area contributed by atoms with Crippen LogP contribution in [-0.4, -0.2) is 56.7 Å². The summed E-state index contributed by atoms with van der Waals surface area (Å²) in [4.78, 5) is 13.7. The van der Waals surface area contributed by atoms with E-state index in [1.165, 1.54) is 0 Å². The third kappa shape index (κ3) is 5.48. The summed E-state index contributed by atoms with van der Waals surface area (Å²) in [6.07, 6.45) is 4.34. The monoisotopic (exact) mass is 243 g/mol. The van der Waals surface area contributed by atoms with Crippen molar-refractivity contribution in [2.75, 3.05) is 33.9 Å². The van der Waals surface area contributed by atoms with E-state index in [4.69, 9.17) is 10.5 Å². The molecule has 100 valence electrons. The number of carbonyl (C=O) groups excluding carboxylic acids is 1. The number of rotatable bonds is 6. The van der Waals surface area contributed by atoms with E-state index in [1.54, 1.807) is 7.11 Å². The Kier molecular flexibility index (Phi) is 6.47. The van der Waals surface area contributed by atoms with Crippen LogP contribution in [0.4, 0.5) is 0 Å². The molecular weight excluding hydrogens is 218 g/mol. The van der Waals surface area contributed by atoms with E-state index in [1.807, 2.05) is 7.05 Å². The van der Waals surface area contributed by atoms with Crippen LogP contribution in [0.15, 0.2) is 0 Å². The predicted molar refractivity (Wildman–Crippen MR) is 67.7 cm³/mol. The normalized spacial score (nSPS) is 24.9. The summed E-state index contributed by atoms with van der Waals surface area (Å²) >= 11 is 0. The SMILES string of the molecule is COCCNC(=O)CN(C)C1CCC(N)CC1. The average Bonchev–Trinajstić information content (AvgIpc) is 2.30. The van der Waals surface area contributed by atoms with E-state index in [2.05, 4.69) is 10.2 Å². The lowest BCUT2D eigenvalue weighted by Crippen LogP contribution is -2.44. The van der Waals surface area contributed by atoms with Crippen LogP contribution in [0.1, 0.15) is 25.7 Å². The number of ether oxygens (including phenoxy) is 1. The largest absolute Gasteiger partial charge is 0.383 e. The molecule has 1 aliphatic carbocycles. The molecule has 0 heterocycles. The Bertz CT molecular complexity index is 228. The quantitative estimate of drug-likeness (QED) is 0.642. The van der Waals surface area contributed by atoms with Gasteiger partial charge < -0.3 is 15.8 Å². The third-order valence-electron chi connectivity index (χ3n) is 3.39. The number of nitrogens with one attached hydrogen (secondary N) is 1. The number of hydrogen-bond donors (Lipinski definition) is 2. The van der Waals surface area contributed by atoms with Crippen LogP contribution in [0.5, 0.6) is 0 Å². The highest BCUT2D eigenvalue weighted by molar-refractivity contribution is 5.77. The molecule has 0 aliphatic heterocycles. The van der Waals surface area contributed by atoms with Gasteiger partial charge in [0.2, 0.25) is 5.91 Å². The molecule has 0 aromatic rings. The van der Waals surface area contributed by atoms with Crippen LogP contribution in [0.2, 0.25) is 0 Å². The molecule has 0 radical (unpaired) electrons. The molecule has 17 heavy (non-hydrogen) atoms. The van der Waals surface area contributed by atoms with Crippen molar-refractivity contribution in [2.45, 2.75) is 37.8 Å². The Morgan fingerprint density at radius 2 is 2.06 bits per heavy atom. The van der Waals surface area contributed by atoms with Crippen molar-refractivity contribution < 1.29 is 9.53 Å². The molecule has 5 heteroatoms. The molecule has 0 bridgehead atoms. The van der Waals surface area contributed by atoms with Gasteiger partial charge in [-0.2, -0.15) is 0 Å². The van der Waals surface area contributed by atoms with Crippen LogP contribution in [0.3, 0.4) is 0 Å². The first-order chi connectivity index (χ1) is 8.13. The lowest BCUT2D eigenvalue weighted by molar-refractivity contribution is -0.122. The summed E-state index contributed by atoms with van der Waals surface area (Å²) in [5, 5.41) is 2.83. The van der Waals surface area contributed by atoms with E-state index in [9.17, 15) is 4.79 Å². The molecule has 1 amide bonds. The van der Waals surface area contributed by atoms with Crippen LogP contribution in [-0.2, 0) is 9.53 Å². The minimum atomic E-state index is 0.0689. The van der Waals surface area contributed by atoms with E-state index in [-0.39, 0.29) is 5.91 Å². The van der Waals surface area contributed by atoms with Crippen molar-refractivity contribution in [1.82, 2.24) is 10.2 Å².